The molecule has 0 aromatic rings. The number of halogens is 2. The summed E-state index contributed by atoms with van der Waals surface area (Å²) < 4.78 is 25.4. The average molecular weight is 192 g/mol. The Kier molecular flexibility index (Phi) is 2.88. The summed E-state index contributed by atoms with van der Waals surface area (Å²) in [7, 11) is 0. The minimum Gasteiger partial charge on any atom is -0.481 e. The predicted octanol–water partition coefficient (Wildman–Crippen LogP) is 2.53. The molecule has 13 heavy (non-hydrogen) atoms. The lowest BCUT2D eigenvalue weighted by atomic mass is 9.79. The van der Waals surface area contributed by atoms with Crippen molar-refractivity contribution < 1.29 is 18.7 Å². The average Bonchev–Trinajstić information content (AvgIpc) is 2.03. The van der Waals surface area contributed by atoms with Crippen LogP contribution in [0.25, 0.3) is 0 Å². The number of carboxylic acids is 1. The summed E-state index contributed by atoms with van der Waals surface area (Å²) in [5, 5.41) is 8.68. The second-order valence-electron chi connectivity index (χ2n) is 3.82. The molecule has 1 atom stereocenters. The van der Waals surface area contributed by atoms with E-state index in [1.165, 1.54) is 0 Å². The Labute approximate surface area is 75.9 Å². The van der Waals surface area contributed by atoms with E-state index in [1.807, 2.05) is 0 Å². The zero-order chi connectivity index (χ0) is 10.1. The van der Waals surface area contributed by atoms with Gasteiger partial charge in [0, 0.05) is 12.8 Å². The molecular weight excluding hydrogens is 178 g/mol. The molecule has 0 bridgehead atoms. The van der Waals surface area contributed by atoms with Gasteiger partial charge >= 0.3 is 5.97 Å². The fraction of sp³-hybridized carbons (Fsp3) is 0.889. The lowest BCUT2D eigenvalue weighted by Crippen LogP contribution is -2.30. The maximum atomic E-state index is 12.7. The highest BCUT2D eigenvalue weighted by molar-refractivity contribution is 5.69. The minimum atomic E-state index is -2.56. The Morgan fingerprint density at radius 1 is 1.46 bits per heavy atom. The molecule has 0 radical (unpaired) electrons. The smallest absolute Gasteiger partial charge is 0.306 e. The van der Waals surface area contributed by atoms with E-state index in [1.54, 1.807) is 6.92 Å². The van der Waals surface area contributed by atoms with Gasteiger partial charge in [-0.05, 0) is 18.8 Å². The van der Waals surface area contributed by atoms with E-state index < -0.39 is 17.8 Å². The number of hydrogen-bond donors (Lipinski definition) is 1. The first-order valence-corrected chi connectivity index (χ1v) is 4.53. The molecule has 1 N–H and O–H groups in total. The van der Waals surface area contributed by atoms with E-state index in [0.29, 0.717) is 12.8 Å². The van der Waals surface area contributed by atoms with Crippen LogP contribution in [-0.4, -0.2) is 17.0 Å². The molecule has 0 aromatic carbocycles. The lowest BCUT2D eigenvalue weighted by Gasteiger charge is -2.30. The zero-order valence-corrected chi connectivity index (χ0v) is 7.59. The van der Waals surface area contributed by atoms with Crippen LogP contribution in [0.4, 0.5) is 8.78 Å². The summed E-state index contributed by atoms with van der Waals surface area (Å²) in [6.45, 7) is 1.59. The Morgan fingerprint density at radius 3 is 2.31 bits per heavy atom. The van der Waals surface area contributed by atoms with E-state index >= 15 is 0 Å². The van der Waals surface area contributed by atoms with Crippen molar-refractivity contribution in [3.63, 3.8) is 0 Å². The lowest BCUT2D eigenvalue weighted by molar-refractivity contribution is -0.145. The molecule has 2 nitrogen and oxygen atoms in total. The first kappa shape index (κ1) is 10.4. The van der Waals surface area contributed by atoms with Crippen molar-refractivity contribution >= 4 is 5.97 Å². The van der Waals surface area contributed by atoms with Crippen molar-refractivity contribution in [2.24, 2.45) is 11.8 Å². The molecule has 0 aromatic heterocycles. The number of alkyl halides is 2. The van der Waals surface area contributed by atoms with Gasteiger partial charge in [-0.2, -0.15) is 0 Å². The summed E-state index contributed by atoms with van der Waals surface area (Å²) in [4.78, 5) is 10.6. The van der Waals surface area contributed by atoms with E-state index in [-0.39, 0.29) is 18.8 Å². The van der Waals surface area contributed by atoms with E-state index in [4.69, 9.17) is 5.11 Å². The van der Waals surface area contributed by atoms with Gasteiger partial charge in [0.1, 0.15) is 0 Å². The number of carbonyl (C=O) groups is 1. The first-order chi connectivity index (χ1) is 5.92. The maximum absolute atomic E-state index is 12.7. The molecule has 0 heterocycles. The van der Waals surface area contributed by atoms with E-state index in [9.17, 15) is 13.6 Å². The topological polar surface area (TPSA) is 37.3 Å². The van der Waals surface area contributed by atoms with Gasteiger partial charge in [-0.3, -0.25) is 4.79 Å². The van der Waals surface area contributed by atoms with Gasteiger partial charge in [0.25, 0.3) is 0 Å². The number of carboxylic acid groups (broad SMARTS) is 1. The molecular formula is C9H14F2O2. The van der Waals surface area contributed by atoms with Gasteiger partial charge in [0.05, 0.1) is 5.92 Å². The highest BCUT2D eigenvalue weighted by Crippen LogP contribution is 2.38. The van der Waals surface area contributed by atoms with Crippen LogP contribution < -0.4 is 0 Å². The van der Waals surface area contributed by atoms with Crippen LogP contribution in [0, 0.1) is 11.8 Å². The van der Waals surface area contributed by atoms with Crippen LogP contribution in [-0.2, 0) is 4.79 Å². The third-order valence-corrected chi connectivity index (χ3v) is 2.86. The molecule has 0 spiro atoms. The number of aliphatic carboxylic acids is 1. The van der Waals surface area contributed by atoms with Crippen LogP contribution in [0.15, 0.2) is 0 Å². The normalized spacial score (nSPS) is 25.5. The Bertz CT molecular complexity index is 194. The van der Waals surface area contributed by atoms with Crippen LogP contribution in [0.2, 0.25) is 0 Å². The van der Waals surface area contributed by atoms with Crippen LogP contribution in [0.5, 0.6) is 0 Å². The Balaban J connectivity index is 2.45. The number of rotatable bonds is 2. The number of hydrogen-bond acceptors (Lipinski definition) is 1. The van der Waals surface area contributed by atoms with Gasteiger partial charge in [-0.1, -0.05) is 6.92 Å². The van der Waals surface area contributed by atoms with Crippen molar-refractivity contribution in [1.29, 1.82) is 0 Å². The van der Waals surface area contributed by atoms with Gasteiger partial charge in [-0.15, -0.1) is 0 Å². The van der Waals surface area contributed by atoms with E-state index in [2.05, 4.69) is 0 Å². The maximum Gasteiger partial charge on any atom is 0.306 e. The summed E-state index contributed by atoms with van der Waals surface area (Å²) in [5.41, 5.74) is 0. The molecule has 1 unspecified atom stereocenters. The zero-order valence-electron chi connectivity index (χ0n) is 7.59. The molecule has 0 amide bonds. The van der Waals surface area contributed by atoms with Crippen molar-refractivity contribution in [3.05, 3.63) is 0 Å². The molecule has 1 fully saturated rings. The van der Waals surface area contributed by atoms with Crippen molar-refractivity contribution in [1.82, 2.24) is 0 Å². The fourth-order valence-corrected chi connectivity index (χ4v) is 1.76. The van der Waals surface area contributed by atoms with Gasteiger partial charge in [0.2, 0.25) is 5.92 Å². The fourth-order valence-electron chi connectivity index (χ4n) is 1.76. The van der Waals surface area contributed by atoms with Crippen LogP contribution in [0.3, 0.4) is 0 Å². The summed E-state index contributed by atoms with van der Waals surface area (Å²) in [5.74, 6) is -4.00. The standard InChI is InChI=1S/C9H14F2O2/c1-6(8(12)13)7-2-4-9(10,11)5-3-7/h6-7H,2-5H2,1H3,(H,12,13). The first-order valence-electron chi connectivity index (χ1n) is 4.53. The monoisotopic (exact) mass is 192 g/mol. The third-order valence-electron chi connectivity index (χ3n) is 2.86. The summed E-state index contributed by atoms with van der Waals surface area (Å²) >= 11 is 0. The molecule has 0 saturated heterocycles. The molecule has 1 aliphatic carbocycles. The van der Waals surface area contributed by atoms with Crippen LogP contribution >= 0.6 is 0 Å². The second-order valence-corrected chi connectivity index (χ2v) is 3.82. The Hall–Kier alpha value is -0.670. The molecule has 4 heteroatoms. The third kappa shape index (κ3) is 2.64. The minimum absolute atomic E-state index is 0.0721. The predicted molar refractivity (Wildman–Crippen MR) is 43.7 cm³/mol. The largest absolute Gasteiger partial charge is 0.481 e. The van der Waals surface area contributed by atoms with Crippen molar-refractivity contribution in [2.45, 2.75) is 38.5 Å². The molecule has 1 saturated carbocycles. The van der Waals surface area contributed by atoms with E-state index in [0.717, 1.165) is 0 Å². The van der Waals surface area contributed by atoms with Gasteiger partial charge in [0.15, 0.2) is 0 Å². The summed E-state index contributed by atoms with van der Waals surface area (Å²) in [6.07, 6.45) is 0.353. The van der Waals surface area contributed by atoms with Crippen molar-refractivity contribution in [2.75, 3.05) is 0 Å². The highest BCUT2D eigenvalue weighted by Gasteiger charge is 2.37. The van der Waals surface area contributed by atoms with Gasteiger partial charge in [-0.25, -0.2) is 8.78 Å². The molecule has 0 aliphatic heterocycles. The SMILES string of the molecule is CC(C(=O)O)C1CCC(F)(F)CC1. The molecule has 76 valence electrons. The Morgan fingerprint density at radius 2 is 1.92 bits per heavy atom. The van der Waals surface area contributed by atoms with Gasteiger partial charge < -0.3 is 5.11 Å². The summed E-state index contributed by atoms with van der Waals surface area (Å²) in [6, 6.07) is 0. The molecule has 1 rings (SSSR count). The highest BCUT2D eigenvalue weighted by atomic mass is 19.3. The second kappa shape index (κ2) is 3.60. The van der Waals surface area contributed by atoms with Crippen LogP contribution in [0.1, 0.15) is 32.6 Å². The molecule has 1 aliphatic rings. The quantitative estimate of drug-likeness (QED) is 0.729. The van der Waals surface area contributed by atoms with Crippen molar-refractivity contribution in [3.8, 4) is 0 Å².